The lowest BCUT2D eigenvalue weighted by Crippen LogP contribution is -2.38. The molecule has 1 amide bonds. The fourth-order valence-corrected chi connectivity index (χ4v) is 3.83. The minimum absolute atomic E-state index is 0.0938. The number of nitrogens with one attached hydrogen (secondary N) is 1. The second-order valence-corrected chi connectivity index (χ2v) is 8.63. The lowest BCUT2D eigenvalue weighted by atomic mass is 9.91. The van der Waals surface area contributed by atoms with Crippen LogP contribution in [0.3, 0.4) is 0 Å². The lowest BCUT2D eigenvalue weighted by molar-refractivity contribution is -0.126. The van der Waals surface area contributed by atoms with E-state index in [1.165, 1.54) is 5.56 Å². The molecule has 1 N–H and O–H groups in total. The summed E-state index contributed by atoms with van der Waals surface area (Å²) in [5.74, 6) is 0.127. The first-order chi connectivity index (χ1) is 15.4. The Morgan fingerprint density at radius 2 is 1.50 bits per heavy atom. The van der Waals surface area contributed by atoms with Crippen molar-refractivity contribution in [3.05, 3.63) is 60.2 Å². The van der Waals surface area contributed by atoms with Gasteiger partial charge < -0.3 is 5.32 Å². The first kappa shape index (κ1) is 25.5. The van der Waals surface area contributed by atoms with Crippen LogP contribution in [0.5, 0.6) is 0 Å². The molecule has 32 heavy (non-hydrogen) atoms. The SMILES string of the molecule is CCCCC(=O)[C@H](C)C[C@@H](Cc1ccc(-c2ccccc2)cc1)NC(=O)CCC(=O)CC. The lowest BCUT2D eigenvalue weighted by Gasteiger charge is -2.22. The number of benzene rings is 2. The smallest absolute Gasteiger partial charge is 0.220 e. The summed E-state index contributed by atoms with van der Waals surface area (Å²) in [6, 6.07) is 18.4. The molecule has 0 fully saturated rings. The second kappa shape index (κ2) is 13.6. The predicted molar refractivity (Wildman–Crippen MR) is 130 cm³/mol. The zero-order valence-corrected chi connectivity index (χ0v) is 19.7. The summed E-state index contributed by atoms with van der Waals surface area (Å²) < 4.78 is 0. The molecular weight excluding hydrogens is 398 g/mol. The number of hydrogen-bond donors (Lipinski definition) is 1. The van der Waals surface area contributed by atoms with Gasteiger partial charge in [0.05, 0.1) is 0 Å². The number of Topliss-reactive ketones (excluding diaryl/α,β-unsaturated/α-hetero) is 2. The Bertz CT molecular complexity index is 858. The minimum atomic E-state index is -0.137. The molecule has 0 saturated carbocycles. The van der Waals surface area contributed by atoms with E-state index in [0.29, 0.717) is 25.7 Å². The molecule has 0 aromatic heterocycles. The maximum absolute atomic E-state index is 12.5. The molecule has 2 atom stereocenters. The molecule has 4 heteroatoms. The Hall–Kier alpha value is -2.75. The van der Waals surface area contributed by atoms with Gasteiger partial charge in [-0.15, -0.1) is 0 Å². The van der Waals surface area contributed by atoms with Gasteiger partial charge in [-0.05, 0) is 36.0 Å². The first-order valence-corrected chi connectivity index (χ1v) is 11.9. The van der Waals surface area contributed by atoms with Gasteiger partial charge in [-0.1, -0.05) is 81.8 Å². The Labute approximate surface area is 192 Å². The fourth-order valence-electron chi connectivity index (χ4n) is 3.83. The molecular formula is C28H37NO3. The van der Waals surface area contributed by atoms with Gasteiger partial charge in [0.2, 0.25) is 5.91 Å². The van der Waals surface area contributed by atoms with Crippen molar-refractivity contribution in [2.24, 2.45) is 5.92 Å². The van der Waals surface area contributed by atoms with Crippen LogP contribution in [0, 0.1) is 5.92 Å². The highest BCUT2D eigenvalue weighted by Gasteiger charge is 2.21. The van der Waals surface area contributed by atoms with E-state index in [2.05, 4.69) is 48.6 Å². The van der Waals surface area contributed by atoms with Crippen LogP contribution in [-0.2, 0) is 20.8 Å². The van der Waals surface area contributed by atoms with Crippen molar-refractivity contribution in [3.8, 4) is 11.1 Å². The van der Waals surface area contributed by atoms with Gasteiger partial charge in [0, 0.05) is 37.6 Å². The van der Waals surface area contributed by atoms with Crippen LogP contribution in [-0.4, -0.2) is 23.5 Å². The largest absolute Gasteiger partial charge is 0.353 e. The highest BCUT2D eigenvalue weighted by atomic mass is 16.2. The maximum Gasteiger partial charge on any atom is 0.220 e. The number of carbonyl (C=O) groups is 3. The van der Waals surface area contributed by atoms with E-state index in [1.807, 2.05) is 32.0 Å². The summed E-state index contributed by atoms with van der Waals surface area (Å²) in [4.78, 5) is 36.5. The molecule has 0 aliphatic rings. The highest BCUT2D eigenvalue weighted by molar-refractivity contribution is 5.85. The van der Waals surface area contributed by atoms with E-state index in [-0.39, 0.29) is 42.3 Å². The number of amides is 1. The molecule has 0 aliphatic heterocycles. The molecule has 0 unspecified atom stereocenters. The third kappa shape index (κ3) is 8.78. The number of rotatable bonds is 14. The summed E-state index contributed by atoms with van der Waals surface area (Å²) in [6.07, 6.45) is 4.69. The van der Waals surface area contributed by atoms with Gasteiger partial charge >= 0.3 is 0 Å². The molecule has 0 radical (unpaired) electrons. The van der Waals surface area contributed by atoms with Gasteiger partial charge in [0.15, 0.2) is 0 Å². The molecule has 0 bridgehead atoms. The van der Waals surface area contributed by atoms with Crippen molar-refractivity contribution in [1.82, 2.24) is 5.32 Å². The van der Waals surface area contributed by atoms with Crippen LogP contribution in [0.1, 0.15) is 71.3 Å². The summed E-state index contributed by atoms with van der Waals surface area (Å²) in [7, 11) is 0. The van der Waals surface area contributed by atoms with Gasteiger partial charge in [-0.25, -0.2) is 0 Å². The van der Waals surface area contributed by atoms with Gasteiger partial charge in [-0.3, -0.25) is 14.4 Å². The van der Waals surface area contributed by atoms with E-state index < -0.39 is 0 Å². The molecule has 0 spiro atoms. The molecule has 2 aromatic carbocycles. The second-order valence-electron chi connectivity index (χ2n) is 8.63. The van der Waals surface area contributed by atoms with Gasteiger partial charge in [0.25, 0.3) is 0 Å². The van der Waals surface area contributed by atoms with E-state index in [4.69, 9.17) is 0 Å². The van der Waals surface area contributed by atoms with Crippen molar-refractivity contribution >= 4 is 17.5 Å². The standard InChI is InChI=1S/C28H37NO3/c1-4-6-12-27(31)21(3)19-25(29-28(32)18-17-26(30)5-2)20-22-13-15-24(16-14-22)23-10-8-7-9-11-23/h7-11,13-16,21,25H,4-6,12,17-20H2,1-3H3,(H,29,32)/t21-,25+/m1/s1. The van der Waals surface area contributed by atoms with Crippen molar-refractivity contribution in [1.29, 1.82) is 0 Å². The minimum Gasteiger partial charge on any atom is -0.353 e. The quantitative estimate of drug-likeness (QED) is 0.400. The maximum atomic E-state index is 12.5. The number of hydrogen-bond acceptors (Lipinski definition) is 3. The average molecular weight is 436 g/mol. The average Bonchev–Trinajstić information content (AvgIpc) is 2.81. The number of ketones is 2. The van der Waals surface area contributed by atoms with Crippen molar-refractivity contribution in [2.75, 3.05) is 0 Å². The van der Waals surface area contributed by atoms with E-state index in [0.717, 1.165) is 24.0 Å². The molecule has 4 nitrogen and oxygen atoms in total. The summed E-state index contributed by atoms with van der Waals surface area (Å²) in [5.41, 5.74) is 3.43. The topological polar surface area (TPSA) is 63.2 Å². The highest BCUT2D eigenvalue weighted by Crippen LogP contribution is 2.21. The molecule has 172 valence electrons. The molecule has 2 rings (SSSR count). The predicted octanol–water partition coefficient (Wildman–Crippen LogP) is 5.93. The van der Waals surface area contributed by atoms with Gasteiger partial charge in [0.1, 0.15) is 11.6 Å². The van der Waals surface area contributed by atoms with Gasteiger partial charge in [-0.2, -0.15) is 0 Å². The van der Waals surface area contributed by atoms with E-state index in [1.54, 1.807) is 0 Å². The van der Waals surface area contributed by atoms with Crippen molar-refractivity contribution in [3.63, 3.8) is 0 Å². The summed E-state index contributed by atoms with van der Waals surface area (Å²) in [5, 5.41) is 3.09. The monoisotopic (exact) mass is 435 g/mol. The van der Waals surface area contributed by atoms with E-state index >= 15 is 0 Å². The van der Waals surface area contributed by atoms with Crippen molar-refractivity contribution in [2.45, 2.75) is 78.2 Å². The van der Waals surface area contributed by atoms with Crippen LogP contribution < -0.4 is 5.32 Å². The number of carbonyl (C=O) groups excluding carboxylic acids is 3. The van der Waals surface area contributed by atoms with E-state index in [9.17, 15) is 14.4 Å². The molecule has 2 aromatic rings. The first-order valence-electron chi connectivity index (χ1n) is 11.9. The third-order valence-corrected chi connectivity index (χ3v) is 5.90. The van der Waals surface area contributed by atoms with Crippen molar-refractivity contribution < 1.29 is 14.4 Å². The Morgan fingerprint density at radius 1 is 0.844 bits per heavy atom. The Morgan fingerprint density at radius 3 is 2.12 bits per heavy atom. The molecule has 0 saturated heterocycles. The molecule has 0 heterocycles. The van der Waals surface area contributed by atoms with Crippen LogP contribution in [0.4, 0.5) is 0 Å². The zero-order chi connectivity index (χ0) is 23.3. The fraction of sp³-hybridized carbons (Fsp3) is 0.464. The van der Waals surface area contributed by atoms with Crippen LogP contribution in [0.15, 0.2) is 54.6 Å². The summed E-state index contributed by atoms with van der Waals surface area (Å²) in [6.45, 7) is 5.85. The zero-order valence-electron chi connectivity index (χ0n) is 19.7. The number of unbranched alkanes of at least 4 members (excludes halogenated alkanes) is 1. The summed E-state index contributed by atoms with van der Waals surface area (Å²) >= 11 is 0. The van der Waals surface area contributed by atoms with Crippen LogP contribution >= 0.6 is 0 Å². The Kier molecular flexibility index (Phi) is 10.9. The molecule has 0 aliphatic carbocycles. The normalized spacial score (nSPS) is 12.7. The third-order valence-electron chi connectivity index (χ3n) is 5.90. The van der Waals surface area contributed by atoms with Crippen LogP contribution in [0.2, 0.25) is 0 Å². The van der Waals surface area contributed by atoms with Crippen LogP contribution in [0.25, 0.3) is 11.1 Å². The Balaban J connectivity index is 2.06.